The van der Waals surface area contributed by atoms with Crippen LogP contribution in [0, 0.1) is 5.92 Å². The van der Waals surface area contributed by atoms with Gasteiger partial charge >= 0.3 is 17.6 Å². The molecule has 0 aliphatic carbocycles. The van der Waals surface area contributed by atoms with Crippen molar-refractivity contribution < 1.29 is 19.1 Å². The summed E-state index contributed by atoms with van der Waals surface area (Å²) in [5, 5.41) is 0.117. The molecule has 0 aromatic heterocycles. The van der Waals surface area contributed by atoms with Crippen LogP contribution in [0.3, 0.4) is 0 Å². The van der Waals surface area contributed by atoms with Gasteiger partial charge in [-0.2, -0.15) is 4.79 Å². The van der Waals surface area contributed by atoms with Gasteiger partial charge < -0.3 is 15.2 Å². The molecule has 0 unspecified atom stereocenters. The van der Waals surface area contributed by atoms with Gasteiger partial charge in [-0.05, 0) is 5.92 Å². The van der Waals surface area contributed by atoms with E-state index in [0.717, 1.165) is 0 Å². The summed E-state index contributed by atoms with van der Waals surface area (Å²) in [7, 11) is -2.31. The van der Waals surface area contributed by atoms with Crippen molar-refractivity contribution in [2.24, 2.45) is 5.92 Å². The average molecular weight is 358 g/mol. The number of amides is 1. The molecular weight excluding hydrogens is 326 g/mol. The highest BCUT2D eigenvalue weighted by atomic mass is 28.4. The van der Waals surface area contributed by atoms with Crippen LogP contribution in [0.1, 0.15) is 13.8 Å². The first kappa shape index (κ1) is 21.8. The highest BCUT2D eigenvalue weighted by Gasteiger charge is 2.47. The number of carbonyl (C=O) groups excluding carboxylic acids is 2. The van der Waals surface area contributed by atoms with Gasteiger partial charge in [0, 0.05) is 11.8 Å². The Morgan fingerprint density at radius 2 is 1.52 bits per heavy atom. The molecule has 0 radical (unpaired) electrons. The molecule has 8 heteroatoms. The number of esters is 1. The quantitative estimate of drug-likeness (QED) is 0.175. The molecule has 0 aromatic carbocycles. The van der Waals surface area contributed by atoms with Gasteiger partial charge in [-0.15, -0.1) is 0 Å². The zero-order valence-electron chi connectivity index (χ0n) is 15.9. The second-order valence-corrected chi connectivity index (χ2v) is 19.6. The topological polar surface area (TPSA) is 83.0 Å². The summed E-state index contributed by atoms with van der Waals surface area (Å²) in [6, 6.07) is 0. The van der Waals surface area contributed by atoms with Crippen molar-refractivity contribution in [3.8, 4) is 0 Å². The lowest BCUT2D eigenvalue weighted by Gasteiger charge is -2.46. The molecule has 6 nitrogen and oxygen atoms in total. The molecule has 0 rings (SSSR count). The lowest BCUT2D eigenvalue weighted by Crippen LogP contribution is -2.66. The van der Waals surface area contributed by atoms with Gasteiger partial charge in [-0.1, -0.05) is 53.1 Å². The average Bonchev–Trinajstić information content (AvgIpc) is 2.34. The van der Waals surface area contributed by atoms with Crippen LogP contribution in [0.15, 0.2) is 0 Å². The minimum atomic E-state index is -1.74. The van der Waals surface area contributed by atoms with Crippen molar-refractivity contribution in [3.05, 3.63) is 5.53 Å². The molecule has 0 aliphatic heterocycles. The number of ether oxygens (including phenoxy) is 1. The third kappa shape index (κ3) is 6.04. The Bertz CT molecular complexity index is 487. The van der Waals surface area contributed by atoms with E-state index in [-0.39, 0.29) is 11.2 Å². The second kappa shape index (κ2) is 8.03. The van der Waals surface area contributed by atoms with Crippen LogP contribution in [0.25, 0.3) is 5.53 Å². The Kier molecular flexibility index (Phi) is 7.60. The first-order valence-electron chi connectivity index (χ1n) is 7.88. The molecule has 132 valence electrons. The lowest BCUT2D eigenvalue weighted by molar-refractivity contribution is -0.142. The zero-order valence-corrected chi connectivity index (χ0v) is 17.9. The van der Waals surface area contributed by atoms with E-state index in [0.29, 0.717) is 6.54 Å². The summed E-state index contributed by atoms with van der Waals surface area (Å²) >= 11 is 0. The number of rotatable bonds is 7. The fraction of sp³-hybridized carbons (Fsp3) is 0.800. The summed E-state index contributed by atoms with van der Waals surface area (Å²) in [5.41, 5.74) is 8.58. The summed E-state index contributed by atoms with van der Waals surface area (Å²) in [5.74, 6) is -1.20. The van der Waals surface area contributed by atoms with Gasteiger partial charge in [0.05, 0.1) is 23.3 Å². The Labute approximate surface area is 141 Å². The summed E-state index contributed by atoms with van der Waals surface area (Å²) < 4.78 is 4.58. The molecule has 23 heavy (non-hydrogen) atoms. The number of methoxy groups -OCH3 is 1. The number of hydrogen-bond donors (Lipinski definition) is 0. The minimum absolute atomic E-state index is 0.117. The monoisotopic (exact) mass is 357 g/mol. The maximum absolute atomic E-state index is 12.9. The second-order valence-electron chi connectivity index (χ2n) is 8.43. The predicted octanol–water partition coefficient (Wildman–Crippen LogP) is 2.44. The van der Waals surface area contributed by atoms with Crippen molar-refractivity contribution in [3.63, 3.8) is 0 Å². The van der Waals surface area contributed by atoms with E-state index in [9.17, 15) is 9.59 Å². The van der Waals surface area contributed by atoms with Crippen molar-refractivity contribution >= 4 is 33.7 Å². The Hall–Kier alpha value is -1.25. The van der Waals surface area contributed by atoms with Crippen LogP contribution >= 0.6 is 0 Å². The number of carbonyl (C=O) groups is 2. The van der Waals surface area contributed by atoms with E-state index < -0.39 is 33.7 Å². The van der Waals surface area contributed by atoms with Gasteiger partial charge in [0.25, 0.3) is 0 Å². The van der Waals surface area contributed by atoms with Crippen molar-refractivity contribution in [1.82, 2.24) is 4.90 Å². The maximum atomic E-state index is 12.9. The first-order valence-corrected chi connectivity index (χ1v) is 15.0. The molecule has 0 heterocycles. The van der Waals surface area contributed by atoms with Crippen LogP contribution in [0.2, 0.25) is 39.3 Å². The van der Waals surface area contributed by atoms with E-state index in [2.05, 4.69) is 48.8 Å². The fourth-order valence-electron chi connectivity index (χ4n) is 3.34. The van der Waals surface area contributed by atoms with Crippen molar-refractivity contribution in [1.29, 1.82) is 0 Å². The molecule has 0 saturated carbocycles. The van der Waals surface area contributed by atoms with Crippen LogP contribution in [-0.2, 0) is 14.3 Å². The predicted molar refractivity (Wildman–Crippen MR) is 97.7 cm³/mol. The highest BCUT2D eigenvalue weighted by molar-refractivity contribution is 6.96. The van der Waals surface area contributed by atoms with Crippen molar-refractivity contribution in [2.45, 2.75) is 58.4 Å². The minimum Gasteiger partial charge on any atom is -0.460 e. The standard InChI is InChI=1S/C15H31N3O3Si2/c1-11(2)10-18(13(19)12(17-16)14(20)21-3)15(22(4,5)6)23(7,8)9/h11,15H,10H2,1-9H3. The maximum Gasteiger partial charge on any atom is 0.463 e. The molecule has 0 aromatic rings. The van der Waals surface area contributed by atoms with E-state index in [1.165, 1.54) is 7.11 Å². The Balaban J connectivity index is 6.07. The van der Waals surface area contributed by atoms with Crippen molar-refractivity contribution in [2.75, 3.05) is 13.7 Å². The van der Waals surface area contributed by atoms with Crippen LogP contribution in [0.5, 0.6) is 0 Å². The van der Waals surface area contributed by atoms with Gasteiger partial charge in [0.15, 0.2) is 0 Å². The van der Waals surface area contributed by atoms with Gasteiger partial charge in [0.2, 0.25) is 0 Å². The van der Waals surface area contributed by atoms with Gasteiger partial charge in [-0.3, -0.25) is 4.79 Å². The SMILES string of the molecule is COC(=O)C(=[N+]=[N-])C(=O)N(CC(C)C)C([Si](C)(C)C)[Si](C)(C)C. The lowest BCUT2D eigenvalue weighted by atomic mass is 10.2. The molecule has 0 atom stereocenters. The Morgan fingerprint density at radius 1 is 1.09 bits per heavy atom. The fourth-order valence-corrected chi connectivity index (χ4v) is 16.0. The van der Waals surface area contributed by atoms with E-state index >= 15 is 0 Å². The molecule has 0 saturated heterocycles. The van der Waals surface area contributed by atoms with Crippen LogP contribution in [-0.4, -0.2) is 62.4 Å². The molecule has 0 fully saturated rings. The smallest absolute Gasteiger partial charge is 0.460 e. The van der Waals surface area contributed by atoms with E-state index in [4.69, 9.17) is 5.53 Å². The zero-order chi connectivity index (χ0) is 18.6. The molecular formula is C15H31N3O3Si2. The Morgan fingerprint density at radius 3 is 1.78 bits per heavy atom. The number of hydrogen-bond acceptors (Lipinski definition) is 3. The van der Waals surface area contributed by atoms with Crippen LogP contribution < -0.4 is 0 Å². The normalized spacial score (nSPS) is 12.1. The largest absolute Gasteiger partial charge is 0.463 e. The highest BCUT2D eigenvalue weighted by Crippen LogP contribution is 2.26. The molecule has 0 aliphatic rings. The summed E-state index contributed by atoms with van der Waals surface area (Å²) in [6.45, 7) is 17.9. The molecule has 0 N–H and O–H groups in total. The number of nitrogens with zero attached hydrogens (tertiary/aromatic N) is 3. The van der Waals surface area contributed by atoms with E-state index in [1.54, 1.807) is 4.90 Å². The van der Waals surface area contributed by atoms with Gasteiger partial charge in [-0.25, -0.2) is 4.79 Å². The van der Waals surface area contributed by atoms with Gasteiger partial charge in [0.1, 0.15) is 0 Å². The summed E-state index contributed by atoms with van der Waals surface area (Å²) in [4.78, 5) is 29.4. The molecule has 1 amide bonds. The molecule has 0 spiro atoms. The van der Waals surface area contributed by atoms with Crippen LogP contribution in [0.4, 0.5) is 0 Å². The van der Waals surface area contributed by atoms with E-state index in [1.807, 2.05) is 13.8 Å². The first-order chi connectivity index (χ1) is 10.3. The third-order valence-corrected chi connectivity index (χ3v) is 12.6. The summed E-state index contributed by atoms with van der Waals surface area (Å²) in [6.07, 6.45) is 0. The third-order valence-electron chi connectivity index (χ3n) is 3.46. The molecule has 0 bridgehead atoms.